The molecule has 1 fully saturated rings. The highest BCUT2D eigenvalue weighted by Crippen LogP contribution is 2.34. The molecule has 1 aliphatic heterocycles. The average Bonchev–Trinajstić information content (AvgIpc) is 2.40. The summed E-state index contributed by atoms with van der Waals surface area (Å²) in [6.07, 6.45) is 2.14. The summed E-state index contributed by atoms with van der Waals surface area (Å²) >= 11 is 2.14. The van der Waals surface area contributed by atoms with Crippen molar-refractivity contribution in [2.24, 2.45) is 0 Å². The van der Waals surface area contributed by atoms with E-state index >= 15 is 0 Å². The molecule has 1 heterocycles. The lowest BCUT2D eigenvalue weighted by Crippen LogP contribution is -2.44. The first-order valence-electron chi connectivity index (χ1n) is 6.05. The predicted molar refractivity (Wildman–Crippen MR) is 78.5 cm³/mol. The van der Waals surface area contributed by atoms with Gasteiger partial charge in [0.25, 0.3) is 0 Å². The number of rotatable bonds is 2. The summed E-state index contributed by atoms with van der Waals surface area (Å²) in [7, 11) is 0. The first-order chi connectivity index (χ1) is 8.15. The van der Waals surface area contributed by atoms with Crippen LogP contribution in [0.4, 0.5) is 0 Å². The summed E-state index contributed by atoms with van der Waals surface area (Å²) in [6.45, 7) is 4.11. The lowest BCUT2D eigenvalue weighted by Gasteiger charge is -2.39. The summed E-state index contributed by atoms with van der Waals surface area (Å²) in [6, 6.07) is 10.7. The number of piperidine rings is 1. The second-order valence-corrected chi connectivity index (χ2v) is 5.70. The highest BCUT2D eigenvalue weighted by molar-refractivity contribution is 14.1. The fourth-order valence-electron chi connectivity index (χ4n) is 2.46. The van der Waals surface area contributed by atoms with Crippen molar-refractivity contribution in [1.29, 1.82) is 0 Å². The van der Waals surface area contributed by atoms with Gasteiger partial charge in [0.15, 0.2) is 0 Å². The van der Waals surface area contributed by atoms with Crippen molar-refractivity contribution in [3.63, 3.8) is 0 Å². The monoisotopic (exact) mass is 343 g/mol. The minimum Gasteiger partial charge on any atom is -0.342 e. The molecule has 2 rings (SSSR count). The zero-order valence-corrected chi connectivity index (χ0v) is 12.3. The number of likely N-dealkylation sites (tertiary alicyclic amines) is 1. The normalized spacial score (nSPS) is 19.1. The Labute approximate surface area is 117 Å². The molecule has 92 valence electrons. The Balaban J connectivity index is 2.05. The van der Waals surface area contributed by atoms with E-state index in [1.165, 1.54) is 5.56 Å². The van der Waals surface area contributed by atoms with Crippen molar-refractivity contribution in [3.05, 3.63) is 35.9 Å². The molecule has 1 aliphatic rings. The van der Waals surface area contributed by atoms with E-state index in [4.69, 9.17) is 0 Å². The zero-order chi connectivity index (χ0) is 12.3. The molecular formula is C14H18INO. The number of benzene rings is 1. The van der Waals surface area contributed by atoms with Gasteiger partial charge < -0.3 is 4.90 Å². The fraction of sp³-hybridized carbons (Fsp3) is 0.500. The van der Waals surface area contributed by atoms with Crippen molar-refractivity contribution >= 4 is 28.5 Å². The van der Waals surface area contributed by atoms with Crippen LogP contribution in [0.5, 0.6) is 0 Å². The molecule has 0 bridgehead atoms. The average molecular weight is 343 g/mol. The molecule has 0 aliphatic carbocycles. The smallest absolute Gasteiger partial charge is 0.232 e. The van der Waals surface area contributed by atoms with E-state index in [0.29, 0.717) is 4.43 Å². The van der Waals surface area contributed by atoms with Crippen LogP contribution in [-0.4, -0.2) is 28.3 Å². The molecule has 17 heavy (non-hydrogen) atoms. The molecule has 0 saturated carbocycles. The third-order valence-corrected chi connectivity index (χ3v) is 4.46. The van der Waals surface area contributed by atoms with Gasteiger partial charge >= 0.3 is 0 Å². The van der Waals surface area contributed by atoms with Crippen molar-refractivity contribution in [3.8, 4) is 0 Å². The van der Waals surface area contributed by atoms with E-state index in [0.717, 1.165) is 25.9 Å². The highest BCUT2D eigenvalue weighted by Gasteiger charge is 2.32. The third kappa shape index (κ3) is 2.81. The maximum absolute atomic E-state index is 11.6. The molecule has 0 atom stereocenters. The zero-order valence-electron chi connectivity index (χ0n) is 10.2. The quantitative estimate of drug-likeness (QED) is 0.597. The summed E-state index contributed by atoms with van der Waals surface area (Å²) in [5.74, 6) is 0.278. The van der Waals surface area contributed by atoms with Gasteiger partial charge in [-0.2, -0.15) is 0 Å². The predicted octanol–water partition coefficient (Wildman–Crippen LogP) is 3.00. The second-order valence-electron chi connectivity index (χ2n) is 4.94. The minimum absolute atomic E-state index is 0.239. The van der Waals surface area contributed by atoms with Crippen LogP contribution in [0.2, 0.25) is 0 Å². The highest BCUT2D eigenvalue weighted by atomic mass is 127. The molecule has 2 nitrogen and oxygen atoms in total. The molecule has 0 radical (unpaired) electrons. The minimum atomic E-state index is 0.239. The van der Waals surface area contributed by atoms with Gasteiger partial charge in [-0.1, -0.05) is 59.8 Å². The van der Waals surface area contributed by atoms with Crippen molar-refractivity contribution in [2.75, 3.05) is 17.5 Å². The van der Waals surface area contributed by atoms with E-state index in [2.05, 4.69) is 59.8 Å². The summed E-state index contributed by atoms with van der Waals surface area (Å²) in [5, 5.41) is 0. The molecule has 1 amide bonds. The Bertz CT molecular complexity index is 382. The summed E-state index contributed by atoms with van der Waals surface area (Å²) in [5.41, 5.74) is 1.64. The topological polar surface area (TPSA) is 20.3 Å². The van der Waals surface area contributed by atoms with Crippen molar-refractivity contribution in [1.82, 2.24) is 4.90 Å². The van der Waals surface area contributed by atoms with Gasteiger partial charge in [0.2, 0.25) is 5.91 Å². The molecule has 1 aromatic rings. The number of carbonyl (C=O) groups is 1. The van der Waals surface area contributed by atoms with Gasteiger partial charge in [0, 0.05) is 13.1 Å². The lowest BCUT2D eigenvalue weighted by molar-refractivity contribution is -0.129. The van der Waals surface area contributed by atoms with E-state index in [1.54, 1.807) is 0 Å². The molecule has 0 unspecified atom stereocenters. The third-order valence-electron chi connectivity index (χ3n) is 3.80. The number of halogens is 1. The van der Waals surface area contributed by atoms with Gasteiger partial charge in [-0.25, -0.2) is 0 Å². The van der Waals surface area contributed by atoms with Gasteiger partial charge in [-0.15, -0.1) is 0 Å². The maximum Gasteiger partial charge on any atom is 0.232 e. The van der Waals surface area contributed by atoms with Crippen molar-refractivity contribution in [2.45, 2.75) is 25.2 Å². The first kappa shape index (κ1) is 12.9. The number of amides is 1. The van der Waals surface area contributed by atoms with E-state index < -0.39 is 0 Å². The summed E-state index contributed by atoms with van der Waals surface area (Å²) < 4.78 is 0.597. The van der Waals surface area contributed by atoms with Gasteiger partial charge in [0.1, 0.15) is 0 Å². The number of alkyl halides is 1. The first-order valence-corrected chi connectivity index (χ1v) is 7.57. The standard InChI is InChI=1S/C14H18INO/c1-14(12-5-3-2-4-6-12)7-9-16(10-8-14)13(17)11-15/h2-6H,7-11H2,1H3. The van der Waals surface area contributed by atoms with Crippen LogP contribution >= 0.6 is 22.6 Å². The van der Waals surface area contributed by atoms with Gasteiger partial charge in [-0.05, 0) is 23.8 Å². The molecule has 1 saturated heterocycles. The Morgan fingerprint density at radius 2 is 1.88 bits per heavy atom. The van der Waals surface area contributed by atoms with Crippen LogP contribution in [0.25, 0.3) is 0 Å². The number of nitrogens with zero attached hydrogens (tertiary/aromatic N) is 1. The summed E-state index contributed by atoms with van der Waals surface area (Å²) in [4.78, 5) is 13.6. The maximum atomic E-state index is 11.6. The van der Waals surface area contributed by atoms with Crippen LogP contribution in [0.3, 0.4) is 0 Å². The molecule has 3 heteroatoms. The Morgan fingerprint density at radius 1 is 1.29 bits per heavy atom. The lowest BCUT2D eigenvalue weighted by atomic mass is 9.74. The van der Waals surface area contributed by atoms with Crippen molar-refractivity contribution < 1.29 is 4.79 Å². The molecule has 0 aromatic heterocycles. The van der Waals surface area contributed by atoms with Crippen LogP contribution < -0.4 is 0 Å². The number of hydrogen-bond acceptors (Lipinski definition) is 1. The molecule has 1 aromatic carbocycles. The largest absolute Gasteiger partial charge is 0.342 e. The Morgan fingerprint density at radius 3 is 2.41 bits per heavy atom. The molecule has 0 spiro atoms. The SMILES string of the molecule is CC1(c2ccccc2)CCN(C(=O)CI)CC1. The van der Waals surface area contributed by atoms with Crippen LogP contribution in [0.1, 0.15) is 25.3 Å². The van der Waals surface area contributed by atoms with E-state index in [1.807, 2.05) is 4.90 Å². The number of hydrogen-bond donors (Lipinski definition) is 0. The number of carbonyl (C=O) groups excluding carboxylic acids is 1. The van der Waals surface area contributed by atoms with E-state index in [-0.39, 0.29) is 11.3 Å². The Hall–Kier alpha value is -0.580. The molecule has 0 N–H and O–H groups in total. The molecular weight excluding hydrogens is 325 g/mol. The van der Waals surface area contributed by atoms with Gasteiger partial charge in [0.05, 0.1) is 4.43 Å². The second kappa shape index (κ2) is 5.38. The van der Waals surface area contributed by atoms with Crippen LogP contribution in [-0.2, 0) is 10.2 Å². The fourth-order valence-corrected chi connectivity index (χ4v) is 2.95. The van der Waals surface area contributed by atoms with Gasteiger partial charge in [-0.3, -0.25) is 4.79 Å². The van der Waals surface area contributed by atoms with Crippen LogP contribution in [0, 0.1) is 0 Å². The Kier molecular flexibility index (Phi) is 4.07. The van der Waals surface area contributed by atoms with E-state index in [9.17, 15) is 4.79 Å². The van der Waals surface area contributed by atoms with Crippen LogP contribution in [0.15, 0.2) is 30.3 Å².